The number of unbranched alkanes of at least 4 members (excludes halogenated alkanes) is 9. The van der Waals surface area contributed by atoms with Crippen molar-refractivity contribution >= 4 is 0 Å². The summed E-state index contributed by atoms with van der Waals surface area (Å²) in [6.45, 7) is 4.30. The van der Waals surface area contributed by atoms with E-state index in [9.17, 15) is 10.2 Å². The second kappa shape index (κ2) is 13.5. The average molecular weight is 303 g/mol. The van der Waals surface area contributed by atoms with Gasteiger partial charge in [0.1, 0.15) is 11.8 Å². The first-order valence-corrected chi connectivity index (χ1v) is 8.87. The van der Waals surface area contributed by atoms with E-state index in [4.69, 9.17) is 5.11 Å². The van der Waals surface area contributed by atoms with Crippen LogP contribution >= 0.6 is 0 Å². The predicted molar refractivity (Wildman–Crippen MR) is 88.2 cm³/mol. The zero-order valence-corrected chi connectivity index (χ0v) is 14.1. The summed E-state index contributed by atoms with van der Waals surface area (Å²) in [5, 5.41) is 31.6. The van der Waals surface area contributed by atoms with Gasteiger partial charge in [-0.15, -0.1) is 0 Å². The second-order valence-electron chi connectivity index (χ2n) is 6.08. The van der Waals surface area contributed by atoms with Gasteiger partial charge in [-0.25, -0.2) is 0 Å². The molecule has 0 rings (SSSR count). The number of rotatable bonds is 15. The summed E-state index contributed by atoms with van der Waals surface area (Å²) in [5.74, 6) is 0. The molecule has 0 bridgehead atoms. The summed E-state index contributed by atoms with van der Waals surface area (Å²) in [6, 6.07) is 0. The molecule has 0 saturated heterocycles. The van der Waals surface area contributed by atoms with E-state index in [2.05, 4.69) is 12.2 Å². The van der Waals surface area contributed by atoms with Crippen molar-refractivity contribution in [3.8, 4) is 0 Å². The summed E-state index contributed by atoms with van der Waals surface area (Å²) in [7, 11) is 0. The summed E-state index contributed by atoms with van der Waals surface area (Å²) in [6.07, 6.45) is 12.1. The molecule has 0 aliphatic carbocycles. The van der Waals surface area contributed by atoms with Crippen LogP contribution in [0, 0.1) is 0 Å². The standard InChI is InChI=1S/C17H37NO3/c1-3-5-6-7-8-9-10-11-12-13-14-18-17(21,4-2)16(20)15-19/h16,18-21H,3-15H2,1-2H3. The first-order chi connectivity index (χ1) is 10.1. The first-order valence-electron chi connectivity index (χ1n) is 8.87. The molecule has 0 aromatic rings. The monoisotopic (exact) mass is 303 g/mol. The maximum absolute atomic E-state index is 10.1. The molecule has 0 aliphatic heterocycles. The average Bonchev–Trinajstić information content (AvgIpc) is 2.51. The van der Waals surface area contributed by atoms with Gasteiger partial charge < -0.3 is 15.3 Å². The number of hydrogen-bond acceptors (Lipinski definition) is 4. The van der Waals surface area contributed by atoms with Gasteiger partial charge in [-0.1, -0.05) is 71.6 Å². The van der Waals surface area contributed by atoms with Crippen LogP contribution in [0.5, 0.6) is 0 Å². The molecule has 0 aliphatic rings. The van der Waals surface area contributed by atoms with Crippen LogP contribution < -0.4 is 5.32 Å². The fraction of sp³-hybridized carbons (Fsp3) is 1.00. The van der Waals surface area contributed by atoms with E-state index in [1.54, 1.807) is 6.92 Å². The molecule has 0 amide bonds. The minimum Gasteiger partial charge on any atom is -0.394 e. The quantitative estimate of drug-likeness (QED) is 0.277. The molecule has 21 heavy (non-hydrogen) atoms. The Balaban J connectivity index is 3.43. The number of aliphatic hydroxyl groups is 3. The molecule has 0 fully saturated rings. The van der Waals surface area contributed by atoms with E-state index in [1.807, 2.05) is 0 Å². The lowest BCUT2D eigenvalue weighted by Gasteiger charge is -2.32. The van der Waals surface area contributed by atoms with Crippen LogP contribution in [0.15, 0.2) is 0 Å². The largest absolute Gasteiger partial charge is 0.394 e. The van der Waals surface area contributed by atoms with Gasteiger partial charge in [0.2, 0.25) is 0 Å². The lowest BCUT2D eigenvalue weighted by molar-refractivity contribution is -0.118. The van der Waals surface area contributed by atoms with E-state index in [1.165, 1.54) is 51.4 Å². The van der Waals surface area contributed by atoms with Gasteiger partial charge in [0.05, 0.1) is 6.61 Å². The van der Waals surface area contributed by atoms with Crippen LogP contribution in [0.2, 0.25) is 0 Å². The van der Waals surface area contributed by atoms with E-state index in [-0.39, 0.29) is 0 Å². The van der Waals surface area contributed by atoms with Crippen molar-refractivity contribution in [2.24, 2.45) is 0 Å². The third-order valence-corrected chi connectivity index (χ3v) is 4.22. The molecule has 0 aromatic heterocycles. The molecule has 4 N–H and O–H groups in total. The molecule has 4 heteroatoms. The lowest BCUT2D eigenvalue weighted by Crippen LogP contribution is -2.55. The molecule has 2 unspecified atom stereocenters. The van der Waals surface area contributed by atoms with Crippen molar-refractivity contribution in [3.05, 3.63) is 0 Å². The smallest absolute Gasteiger partial charge is 0.144 e. The second-order valence-corrected chi connectivity index (χ2v) is 6.08. The van der Waals surface area contributed by atoms with Crippen molar-refractivity contribution in [1.82, 2.24) is 5.32 Å². The van der Waals surface area contributed by atoms with Gasteiger partial charge in [0.25, 0.3) is 0 Å². The van der Waals surface area contributed by atoms with E-state index in [0.29, 0.717) is 13.0 Å². The van der Waals surface area contributed by atoms with Crippen molar-refractivity contribution in [1.29, 1.82) is 0 Å². The van der Waals surface area contributed by atoms with Crippen LogP contribution in [0.25, 0.3) is 0 Å². The van der Waals surface area contributed by atoms with Crippen LogP contribution in [-0.2, 0) is 0 Å². The van der Waals surface area contributed by atoms with Crippen LogP contribution in [0.3, 0.4) is 0 Å². The molecule has 0 radical (unpaired) electrons. The minimum absolute atomic E-state index is 0.381. The van der Waals surface area contributed by atoms with E-state index < -0.39 is 18.4 Å². The highest BCUT2D eigenvalue weighted by molar-refractivity contribution is 4.82. The summed E-state index contributed by atoms with van der Waals surface area (Å²) >= 11 is 0. The van der Waals surface area contributed by atoms with Crippen LogP contribution in [-0.4, -0.2) is 40.3 Å². The fourth-order valence-corrected chi connectivity index (χ4v) is 2.55. The maximum Gasteiger partial charge on any atom is 0.144 e. The molecule has 0 saturated carbocycles. The molecular formula is C17H37NO3. The van der Waals surface area contributed by atoms with Gasteiger partial charge in [0, 0.05) is 0 Å². The molecule has 128 valence electrons. The zero-order valence-electron chi connectivity index (χ0n) is 14.1. The Morgan fingerprint density at radius 2 is 1.33 bits per heavy atom. The van der Waals surface area contributed by atoms with E-state index >= 15 is 0 Å². The number of aliphatic hydroxyl groups excluding tert-OH is 2. The topological polar surface area (TPSA) is 72.7 Å². The Labute approximate surface area is 131 Å². The van der Waals surface area contributed by atoms with Crippen molar-refractivity contribution in [2.75, 3.05) is 13.2 Å². The number of hydrogen-bond donors (Lipinski definition) is 4. The predicted octanol–water partition coefficient (Wildman–Crippen LogP) is 2.95. The Kier molecular flexibility index (Phi) is 13.4. The highest BCUT2D eigenvalue weighted by Gasteiger charge is 2.32. The Morgan fingerprint density at radius 3 is 1.76 bits per heavy atom. The normalized spacial score (nSPS) is 15.9. The Hall–Kier alpha value is -0.160. The highest BCUT2D eigenvalue weighted by atomic mass is 16.4. The Bertz CT molecular complexity index is 226. The first kappa shape index (κ1) is 20.8. The molecule has 0 heterocycles. The summed E-state index contributed by atoms with van der Waals surface area (Å²) in [4.78, 5) is 0. The molecule has 0 aromatic carbocycles. The van der Waals surface area contributed by atoms with Gasteiger partial charge in [-0.3, -0.25) is 5.32 Å². The van der Waals surface area contributed by atoms with Crippen molar-refractivity contribution in [2.45, 2.75) is 96.3 Å². The SMILES string of the molecule is CCCCCCCCCCCCNC(O)(CC)C(O)CO. The summed E-state index contributed by atoms with van der Waals surface area (Å²) < 4.78 is 0. The van der Waals surface area contributed by atoms with Crippen molar-refractivity contribution in [3.63, 3.8) is 0 Å². The summed E-state index contributed by atoms with van der Waals surface area (Å²) in [5.41, 5.74) is -1.35. The zero-order chi connectivity index (χ0) is 16.0. The lowest BCUT2D eigenvalue weighted by atomic mass is 10.0. The van der Waals surface area contributed by atoms with Crippen molar-refractivity contribution < 1.29 is 15.3 Å². The maximum atomic E-state index is 10.1. The van der Waals surface area contributed by atoms with E-state index in [0.717, 1.165) is 12.8 Å². The van der Waals surface area contributed by atoms with Crippen LogP contribution in [0.1, 0.15) is 84.5 Å². The molecule has 0 spiro atoms. The minimum atomic E-state index is -1.35. The molecular weight excluding hydrogens is 266 g/mol. The fourth-order valence-electron chi connectivity index (χ4n) is 2.55. The molecule has 2 atom stereocenters. The molecule has 4 nitrogen and oxygen atoms in total. The van der Waals surface area contributed by atoms with Gasteiger partial charge in [-0.05, 0) is 19.4 Å². The van der Waals surface area contributed by atoms with Gasteiger partial charge in [0.15, 0.2) is 0 Å². The number of nitrogens with one attached hydrogen (secondary N) is 1. The highest BCUT2D eigenvalue weighted by Crippen LogP contribution is 2.13. The van der Waals surface area contributed by atoms with Gasteiger partial charge in [-0.2, -0.15) is 0 Å². The van der Waals surface area contributed by atoms with Gasteiger partial charge >= 0.3 is 0 Å². The Morgan fingerprint density at radius 1 is 0.857 bits per heavy atom. The third kappa shape index (κ3) is 10.2. The van der Waals surface area contributed by atoms with Crippen LogP contribution in [0.4, 0.5) is 0 Å². The third-order valence-electron chi connectivity index (χ3n) is 4.22.